The van der Waals surface area contributed by atoms with Gasteiger partial charge in [0.1, 0.15) is 0 Å². The van der Waals surface area contributed by atoms with Crippen molar-refractivity contribution in [3.05, 3.63) is 29.6 Å². The number of carbonyl (C=O) groups excluding carboxylic acids is 1. The summed E-state index contributed by atoms with van der Waals surface area (Å²) < 4.78 is 38.4. The number of nitrogens with one attached hydrogen (secondary N) is 1. The smallest absolute Gasteiger partial charge is 0.231 e. The van der Waals surface area contributed by atoms with Gasteiger partial charge in [0.15, 0.2) is 17.5 Å². The molecule has 0 aliphatic rings. The lowest BCUT2D eigenvalue weighted by Gasteiger charge is -2.21. The van der Waals surface area contributed by atoms with Crippen LogP contribution >= 0.6 is 0 Å². The van der Waals surface area contributed by atoms with E-state index in [4.69, 9.17) is 5.73 Å². The molecule has 0 saturated carbocycles. The average Bonchev–Trinajstić information content (AvgIpc) is 2.25. The molecule has 0 bridgehead atoms. The van der Waals surface area contributed by atoms with Crippen molar-refractivity contribution in [1.29, 1.82) is 0 Å². The van der Waals surface area contributed by atoms with E-state index >= 15 is 0 Å². The Kier molecular flexibility index (Phi) is 3.77. The molecule has 1 aromatic rings. The molecule has 0 unspecified atom stereocenters. The maximum absolute atomic E-state index is 12.9. The molecule has 0 saturated heterocycles. The third-order valence-corrected chi connectivity index (χ3v) is 2.37. The van der Waals surface area contributed by atoms with Crippen LogP contribution in [-0.2, 0) is 4.79 Å². The number of benzene rings is 1. The van der Waals surface area contributed by atoms with E-state index in [9.17, 15) is 18.0 Å². The van der Waals surface area contributed by atoms with E-state index in [0.717, 1.165) is 0 Å². The van der Waals surface area contributed by atoms with Crippen molar-refractivity contribution >= 4 is 11.6 Å². The minimum Gasteiger partial charge on any atom is -0.329 e. The van der Waals surface area contributed by atoms with Crippen molar-refractivity contribution in [2.75, 3.05) is 11.9 Å². The maximum atomic E-state index is 12.9. The van der Waals surface area contributed by atoms with Crippen molar-refractivity contribution < 1.29 is 18.0 Å². The largest absolute Gasteiger partial charge is 0.329 e. The Morgan fingerprint density at radius 2 is 1.76 bits per heavy atom. The van der Waals surface area contributed by atoms with Gasteiger partial charge in [0, 0.05) is 24.4 Å². The summed E-state index contributed by atoms with van der Waals surface area (Å²) in [6.45, 7) is 3.24. The van der Waals surface area contributed by atoms with E-state index in [1.54, 1.807) is 13.8 Å². The zero-order valence-corrected chi connectivity index (χ0v) is 9.48. The van der Waals surface area contributed by atoms with Crippen molar-refractivity contribution in [2.45, 2.75) is 13.8 Å². The Morgan fingerprint density at radius 3 is 2.18 bits per heavy atom. The fourth-order valence-electron chi connectivity index (χ4n) is 1.02. The topological polar surface area (TPSA) is 55.1 Å². The molecule has 0 fully saturated rings. The molecule has 1 amide bonds. The average molecular weight is 246 g/mol. The van der Waals surface area contributed by atoms with Crippen molar-refractivity contribution in [1.82, 2.24) is 0 Å². The first kappa shape index (κ1) is 13.5. The number of hydrogen-bond acceptors (Lipinski definition) is 2. The highest BCUT2D eigenvalue weighted by atomic mass is 19.2. The van der Waals surface area contributed by atoms with Gasteiger partial charge in [-0.3, -0.25) is 4.79 Å². The molecule has 0 atom stereocenters. The summed E-state index contributed by atoms with van der Waals surface area (Å²) in [5, 5.41) is 2.28. The molecule has 0 spiro atoms. The second kappa shape index (κ2) is 4.75. The summed E-state index contributed by atoms with van der Waals surface area (Å²) in [6.07, 6.45) is 0. The van der Waals surface area contributed by atoms with Crippen LogP contribution in [0.5, 0.6) is 0 Å². The Hall–Kier alpha value is -1.56. The maximum Gasteiger partial charge on any atom is 0.231 e. The molecule has 6 heteroatoms. The quantitative estimate of drug-likeness (QED) is 0.802. The lowest BCUT2D eigenvalue weighted by Crippen LogP contribution is -2.37. The third-order valence-electron chi connectivity index (χ3n) is 2.37. The predicted molar refractivity (Wildman–Crippen MR) is 57.8 cm³/mol. The van der Waals surface area contributed by atoms with E-state index < -0.39 is 28.8 Å². The highest BCUT2D eigenvalue weighted by Gasteiger charge is 2.26. The van der Waals surface area contributed by atoms with Crippen LogP contribution in [0, 0.1) is 22.9 Å². The van der Waals surface area contributed by atoms with Crippen LogP contribution in [0.2, 0.25) is 0 Å². The minimum atomic E-state index is -1.57. The van der Waals surface area contributed by atoms with Crippen LogP contribution in [0.1, 0.15) is 13.8 Å². The summed E-state index contributed by atoms with van der Waals surface area (Å²) in [6, 6.07) is 1.42. The number of carbonyl (C=O) groups is 1. The van der Waals surface area contributed by atoms with E-state index in [1.807, 2.05) is 0 Å². The van der Waals surface area contributed by atoms with Gasteiger partial charge in [-0.2, -0.15) is 0 Å². The van der Waals surface area contributed by atoms with Crippen LogP contribution in [-0.4, -0.2) is 12.5 Å². The van der Waals surface area contributed by atoms with Gasteiger partial charge in [-0.05, 0) is 13.8 Å². The molecule has 1 rings (SSSR count). The molecule has 17 heavy (non-hydrogen) atoms. The minimum absolute atomic E-state index is 0.0744. The van der Waals surface area contributed by atoms with E-state index in [0.29, 0.717) is 12.1 Å². The Bertz CT molecular complexity index is 423. The Balaban J connectivity index is 2.94. The first-order valence-electron chi connectivity index (χ1n) is 4.94. The van der Waals surface area contributed by atoms with Crippen LogP contribution in [0.25, 0.3) is 0 Å². The molecule has 1 aromatic carbocycles. The van der Waals surface area contributed by atoms with E-state index in [2.05, 4.69) is 5.32 Å². The summed E-state index contributed by atoms with van der Waals surface area (Å²) in [7, 11) is 0. The van der Waals surface area contributed by atoms with Crippen molar-refractivity contribution in [3.63, 3.8) is 0 Å². The van der Waals surface area contributed by atoms with Crippen molar-refractivity contribution in [3.8, 4) is 0 Å². The van der Waals surface area contributed by atoms with Crippen LogP contribution in [0.4, 0.5) is 18.9 Å². The van der Waals surface area contributed by atoms with Gasteiger partial charge in [0.25, 0.3) is 0 Å². The van der Waals surface area contributed by atoms with Crippen molar-refractivity contribution in [2.24, 2.45) is 11.1 Å². The summed E-state index contributed by atoms with van der Waals surface area (Å²) >= 11 is 0. The van der Waals surface area contributed by atoms with Gasteiger partial charge in [0.2, 0.25) is 5.91 Å². The molecule has 0 radical (unpaired) electrons. The van der Waals surface area contributed by atoms with Gasteiger partial charge in [-0.25, -0.2) is 13.2 Å². The van der Waals surface area contributed by atoms with E-state index in [1.165, 1.54) is 0 Å². The number of nitrogens with two attached hydrogens (primary N) is 1. The lowest BCUT2D eigenvalue weighted by molar-refractivity contribution is -0.123. The fourth-order valence-corrected chi connectivity index (χ4v) is 1.02. The number of hydrogen-bond donors (Lipinski definition) is 2. The molecule has 3 N–H and O–H groups in total. The molecule has 94 valence electrons. The van der Waals surface area contributed by atoms with E-state index in [-0.39, 0.29) is 12.2 Å². The summed E-state index contributed by atoms with van der Waals surface area (Å²) in [5.41, 5.74) is 4.36. The Labute approximate surface area is 96.8 Å². The first-order chi connectivity index (χ1) is 7.77. The summed E-state index contributed by atoms with van der Waals surface area (Å²) in [5.74, 6) is -4.77. The lowest BCUT2D eigenvalue weighted by atomic mass is 9.92. The van der Waals surface area contributed by atoms with Gasteiger partial charge in [-0.15, -0.1) is 0 Å². The summed E-state index contributed by atoms with van der Waals surface area (Å²) in [4.78, 5) is 11.6. The number of anilines is 1. The van der Waals surface area contributed by atoms with Gasteiger partial charge in [-0.1, -0.05) is 0 Å². The van der Waals surface area contributed by atoms with Crippen LogP contribution in [0.3, 0.4) is 0 Å². The molecule has 0 aromatic heterocycles. The highest BCUT2D eigenvalue weighted by molar-refractivity contribution is 5.94. The molecule has 0 aliphatic heterocycles. The van der Waals surface area contributed by atoms with Gasteiger partial charge < -0.3 is 11.1 Å². The second-order valence-electron chi connectivity index (χ2n) is 4.30. The number of rotatable bonds is 3. The first-order valence-corrected chi connectivity index (χ1v) is 4.94. The standard InChI is InChI=1S/C11H13F3N2O/c1-11(2,5-15)10(17)16-6-3-7(12)9(14)8(13)4-6/h3-4H,5,15H2,1-2H3,(H,16,17). The monoisotopic (exact) mass is 246 g/mol. The zero-order chi connectivity index (χ0) is 13.2. The third kappa shape index (κ3) is 2.97. The SMILES string of the molecule is CC(C)(CN)C(=O)Nc1cc(F)c(F)c(F)c1. The molecule has 0 aliphatic carbocycles. The van der Waals surface area contributed by atoms with Crippen LogP contribution < -0.4 is 11.1 Å². The number of amides is 1. The van der Waals surface area contributed by atoms with Crippen LogP contribution in [0.15, 0.2) is 12.1 Å². The molecular formula is C11H13F3N2O. The molecule has 3 nitrogen and oxygen atoms in total. The molecule has 0 heterocycles. The number of halogens is 3. The predicted octanol–water partition coefficient (Wildman–Crippen LogP) is 2.03. The van der Waals surface area contributed by atoms with Gasteiger partial charge in [0.05, 0.1) is 5.41 Å². The zero-order valence-electron chi connectivity index (χ0n) is 9.48. The molecular weight excluding hydrogens is 233 g/mol. The fraction of sp³-hybridized carbons (Fsp3) is 0.364. The Morgan fingerprint density at radius 1 is 1.29 bits per heavy atom. The highest BCUT2D eigenvalue weighted by Crippen LogP contribution is 2.20. The second-order valence-corrected chi connectivity index (χ2v) is 4.30. The van der Waals surface area contributed by atoms with Gasteiger partial charge >= 0.3 is 0 Å². The normalized spacial score (nSPS) is 11.4.